The van der Waals surface area contributed by atoms with E-state index in [1.54, 1.807) is 0 Å². The molecule has 2 N–H and O–H groups in total. The van der Waals surface area contributed by atoms with Gasteiger partial charge in [0, 0.05) is 29.0 Å². The molecule has 0 saturated carbocycles. The Labute approximate surface area is 150 Å². The van der Waals surface area contributed by atoms with Crippen molar-refractivity contribution >= 4 is 27.7 Å². The van der Waals surface area contributed by atoms with Gasteiger partial charge in [0.05, 0.1) is 11.3 Å². The number of hydrogen-bond acceptors (Lipinski definition) is 4. The lowest BCUT2D eigenvalue weighted by Crippen LogP contribution is -2.38. The van der Waals surface area contributed by atoms with Gasteiger partial charge in [-0.15, -0.1) is 0 Å². The molecule has 5 nitrogen and oxygen atoms in total. The van der Waals surface area contributed by atoms with Gasteiger partial charge in [0.15, 0.2) is 0 Å². The number of piperidine rings is 1. The van der Waals surface area contributed by atoms with Gasteiger partial charge in [-0.1, -0.05) is 31.1 Å². The molecule has 0 unspecified atom stereocenters. The van der Waals surface area contributed by atoms with Crippen LogP contribution >= 0.6 is 15.9 Å². The molecule has 3 rings (SSSR count). The van der Waals surface area contributed by atoms with Gasteiger partial charge >= 0.3 is 0 Å². The van der Waals surface area contributed by atoms with Crippen molar-refractivity contribution in [2.45, 2.75) is 38.5 Å². The summed E-state index contributed by atoms with van der Waals surface area (Å²) < 4.78 is 6.05. The Morgan fingerprint density at radius 1 is 1.33 bits per heavy atom. The Morgan fingerprint density at radius 2 is 2.00 bits per heavy atom. The Hall–Kier alpha value is -1.82. The quantitative estimate of drug-likeness (QED) is 0.851. The number of rotatable bonds is 3. The van der Waals surface area contributed by atoms with E-state index in [0.717, 1.165) is 41.7 Å². The average Bonchev–Trinajstić information content (AvgIpc) is 2.97. The van der Waals surface area contributed by atoms with Crippen molar-refractivity contribution in [3.05, 3.63) is 45.6 Å². The molecule has 1 aromatic heterocycles. The van der Waals surface area contributed by atoms with Crippen molar-refractivity contribution < 1.29 is 9.32 Å². The summed E-state index contributed by atoms with van der Waals surface area (Å²) in [5.41, 5.74) is 8.62. The SMILES string of the molecule is CC(C)c1c(C2CCN(C(=O)c3ccccc3Br)CC2)noc1N. The van der Waals surface area contributed by atoms with Gasteiger partial charge in [-0.25, -0.2) is 0 Å². The summed E-state index contributed by atoms with van der Waals surface area (Å²) in [6, 6.07) is 7.55. The van der Waals surface area contributed by atoms with Crippen LogP contribution < -0.4 is 5.73 Å². The molecular weight excluding hydrogens is 370 g/mol. The molecule has 1 amide bonds. The van der Waals surface area contributed by atoms with Crippen molar-refractivity contribution in [2.24, 2.45) is 0 Å². The minimum absolute atomic E-state index is 0.0738. The first kappa shape index (κ1) is 17.0. The number of nitrogen functional groups attached to an aromatic ring is 1. The summed E-state index contributed by atoms with van der Waals surface area (Å²) in [6.07, 6.45) is 1.75. The minimum Gasteiger partial charge on any atom is -0.367 e. The third kappa shape index (κ3) is 3.20. The highest BCUT2D eigenvalue weighted by Gasteiger charge is 2.30. The molecule has 0 radical (unpaired) electrons. The summed E-state index contributed by atoms with van der Waals surface area (Å²) >= 11 is 3.46. The monoisotopic (exact) mass is 391 g/mol. The average molecular weight is 392 g/mol. The van der Waals surface area contributed by atoms with E-state index in [1.165, 1.54) is 0 Å². The molecule has 2 heterocycles. The molecule has 24 heavy (non-hydrogen) atoms. The van der Waals surface area contributed by atoms with Crippen LogP contribution in [-0.4, -0.2) is 29.1 Å². The number of anilines is 1. The standard InChI is InChI=1S/C18H22BrN3O2/c1-11(2)15-16(21-24-17(15)20)12-7-9-22(10-8-12)18(23)13-5-3-4-6-14(13)19/h3-6,11-12H,7-10,20H2,1-2H3. The van der Waals surface area contributed by atoms with E-state index in [1.807, 2.05) is 29.2 Å². The maximum absolute atomic E-state index is 12.7. The summed E-state index contributed by atoms with van der Waals surface area (Å²) in [7, 11) is 0. The van der Waals surface area contributed by atoms with E-state index in [9.17, 15) is 4.79 Å². The molecule has 0 bridgehead atoms. The predicted octanol–water partition coefficient (Wildman–Crippen LogP) is 4.16. The number of carbonyl (C=O) groups excluding carboxylic acids is 1. The predicted molar refractivity (Wildman–Crippen MR) is 97.0 cm³/mol. The minimum atomic E-state index is 0.0738. The van der Waals surface area contributed by atoms with Gasteiger partial charge in [0.1, 0.15) is 0 Å². The second-order valence-electron chi connectivity index (χ2n) is 6.55. The van der Waals surface area contributed by atoms with Crippen LogP contribution in [0.2, 0.25) is 0 Å². The van der Waals surface area contributed by atoms with Crippen molar-refractivity contribution in [2.75, 3.05) is 18.8 Å². The maximum Gasteiger partial charge on any atom is 0.254 e. The fourth-order valence-corrected chi connectivity index (χ4v) is 3.81. The van der Waals surface area contributed by atoms with Crippen LogP contribution in [0.15, 0.2) is 33.3 Å². The second kappa shape index (κ2) is 6.97. The molecule has 0 aliphatic carbocycles. The van der Waals surface area contributed by atoms with Crippen LogP contribution in [0.4, 0.5) is 5.88 Å². The molecule has 2 aromatic rings. The zero-order chi connectivity index (χ0) is 17.3. The van der Waals surface area contributed by atoms with Crippen molar-refractivity contribution in [1.29, 1.82) is 0 Å². The second-order valence-corrected chi connectivity index (χ2v) is 7.40. The Kier molecular flexibility index (Phi) is 4.94. The van der Waals surface area contributed by atoms with Crippen LogP contribution in [0.3, 0.4) is 0 Å². The fraction of sp³-hybridized carbons (Fsp3) is 0.444. The first-order chi connectivity index (χ1) is 11.5. The molecular formula is C18H22BrN3O2. The molecule has 0 atom stereocenters. The molecule has 1 saturated heterocycles. The first-order valence-electron chi connectivity index (χ1n) is 8.27. The molecule has 1 aromatic carbocycles. The number of halogens is 1. The summed E-state index contributed by atoms with van der Waals surface area (Å²) in [5, 5.41) is 4.19. The van der Waals surface area contributed by atoms with Crippen molar-refractivity contribution in [1.82, 2.24) is 10.1 Å². The van der Waals surface area contributed by atoms with E-state index in [4.69, 9.17) is 10.3 Å². The number of nitrogens with zero attached hydrogens (tertiary/aromatic N) is 2. The maximum atomic E-state index is 12.7. The van der Waals surface area contributed by atoms with Gasteiger partial charge in [-0.3, -0.25) is 4.79 Å². The van der Waals surface area contributed by atoms with Crippen LogP contribution in [0.1, 0.15) is 60.1 Å². The first-order valence-corrected chi connectivity index (χ1v) is 9.07. The highest BCUT2D eigenvalue weighted by Crippen LogP contribution is 2.36. The number of benzene rings is 1. The molecule has 1 aliphatic rings. The van der Waals surface area contributed by atoms with E-state index in [2.05, 4.69) is 34.9 Å². The zero-order valence-corrected chi connectivity index (χ0v) is 15.5. The van der Waals surface area contributed by atoms with Gasteiger partial charge < -0.3 is 15.2 Å². The highest BCUT2D eigenvalue weighted by molar-refractivity contribution is 9.10. The van der Waals surface area contributed by atoms with Gasteiger partial charge in [-0.05, 0) is 46.8 Å². The number of likely N-dealkylation sites (tertiary alicyclic amines) is 1. The Morgan fingerprint density at radius 3 is 2.62 bits per heavy atom. The number of nitrogens with two attached hydrogens (primary N) is 1. The molecule has 1 aliphatic heterocycles. The molecule has 6 heteroatoms. The van der Waals surface area contributed by atoms with E-state index in [0.29, 0.717) is 17.4 Å². The summed E-state index contributed by atoms with van der Waals surface area (Å²) in [5.74, 6) is 1.08. The third-order valence-corrected chi connectivity index (χ3v) is 5.33. The van der Waals surface area contributed by atoms with Crippen LogP contribution in [-0.2, 0) is 0 Å². The lowest BCUT2D eigenvalue weighted by Gasteiger charge is -2.32. The normalized spacial score (nSPS) is 15.9. The molecule has 128 valence electrons. The number of aromatic nitrogens is 1. The topological polar surface area (TPSA) is 72.4 Å². The summed E-state index contributed by atoms with van der Waals surface area (Å²) in [4.78, 5) is 14.6. The smallest absolute Gasteiger partial charge is 0.254 e. The third-order valence-electron chi connectivity index (χ3n) is 4.63. The van der Waals surface area contributed by atoms with Crippen LogP contribution in [0.25, 0.3) is 0 Å². The van der Waals surface area contributed by atoms with E-state index in [-0.39, 0.29) is 11.8 Å². The number of carbonyl (C=O) groups is 1. The lowest BCUT2D eigenvalue weighted by atomic mass is 9.88. The van der Waals surface area contributed by atoms with Crippen LogP contribution in [0.5, 0.6) is 0 Å². The Bertz CT molecular complexity index is 734. The largest absolute Gasteiger partial charge is 0.367 e. The van der Waals surface area contributed by atoms with Crippen molar-refractivity contribution in [3.63, 3.8) is 0 Å². The van der Waals surface area contributed by atoms with Crippen molar-refractivity contribution in [3.8, 4) is 0 Å². The Balaban J connectivity index is 1.70. The fourth-order valence-electron chi connectivity index (χ4n) is 3.36. The lowest BCUT2D eigenvalue weighted by molar-refractivity contribution is 0.0710. The van der Waals surface area contributed by atoms with Gasteiger partial charge in [0.25, 0.3) is 5.91 Å². The highest BCUT2D eigenvalue weighted by atomic mass is 79.9. The molecule has 1 fully saturated rings. The molecule has 0 spiro atoms. The number of hydrogen-bond donors (Lipinski definition) is 1. The van der Waals surface area contributed by atoms with Gasteiger partial charge in [0.2, 0.25) is 5.88 Å². The van der Waals surface area contributed by atoms with E-state index >= 15 is 0 Å². The van der Waals surface area contributed by atoms with Gasteiger partial charge in [-0.2, -0.15) is 0 Å². The van der Waals surface area contributed by atoms with E-state index < -0.39 is 0 Å². The van der Waals surface area contributed by atoms with Crippen LogP contribution in [0, 0.1) is 0 Å². The number of amides is 1. The summed E-state index contributed by atoms with van der Waals surface area (Å²) in [6.45, 7) is 5.63. The zero-order valence-electron chi connectivity index (χ0n) is 14.0.